The maximum atomic E-state index is 13.6. The molecule has 0 radical (unpaired) electrons. The SMILES string of the molecule is Cc1ccc(CN=C(NCC(=O)N(C)C)NCC(C)C)cc1F. The van der Waals surface area contributed by atoms with Gasteiger partial charge in [-0.15, -0.1) is 0 Å². The molecule has 1 amide bonds. The highest BCUT2D eigenvalue weighted by molar-refractivity contribution is 5.86. The normalized spacial score (nSPS) is 11.5. The molecule has 0 heterocycles. The Kier molecular flexibility index (Phi) is 7.51. The molecule has 1 aromatic carbocycles. The quantitative estimate of drug-likeness (QED) is 0.621. The van der Waals surface area contributed by atoms with E-state index in [1.54, 1.807) is 27.1 Å². The average Bonchev–Trinajstić information content (AvgIpc) is 2.49. The van der Waals surface area contributed by atoms with Gasteiger partial charge in [0.25, 0.3) is 0 Å². The summed E-state index contributed by atoms with van der Waals surface area (Å²) in [6.07, 6.45) is 0. The number of amides is 1. The number of hydrogen-bond acceptors (Lipinski definition) is 2. The van der Waals surface area contributed by atoms with Crippen molar-refractivity contribution in [1.29, 1.82) is 0 Å². The molecule has 0 spiro atoms. The zero-order valence-electron chi connectivity index (χ0n) is 14.6. The molecule has 2 N–H and O–H groups in total. The first kappa shape index (κ1) is 18.9. The van der Waals surface area contributed by atoms with E-state index in [0.717, 1.165) is 12.1 Å². The van der Waals surface area contributed by atoms with Crippen molar-refractivity contribution in [3.8, 4) is 0 Å². The molecule has 0 atom stereocenters. The van der Waals surface area contributed by atoms with Crippen LogP contribution >= 0.6 is 0 Å². The molecule has 1 aromatic rings. The van der Waals surface area contributed by atoms with Gasteiger partial charge in [0.2, 0.25) is 5.91 Å². The number of hydrogen-bond donors (Lipinski definition) is 2. The summed E-state index contributed by atoms with van der Waals surface area (Å²) in [5.41, 5.74) is 1.41. The van der Waals surface area contributed by atoms with Gasteiger partial charge in [-0.05, 0) is 30.0 Å². The summed E-state index contributed by atoms with van der Waals surface area (Å²) in [6.45, 7) is 7.16. The Balaban J connectivity index is 2.72. The van der Waals surface area contributed by atoms with E-state index >= 15 is 0 Å². The second-order valence-corrected chi connectivity index (χ2v) is 6.16. The molecule has 6 heteroatoms. The van der Waals surface area contributed by atoms with E-state index in [9.17, 15) is 9.18 Å². The number of likely N-dealkylation sites (N-methyl/N-ethyl adjacent to an activating group) is 1. The van der Waals surface area contributed by atoms with E-state index < -0.39 is 0 Å². The van der Waals surface area contributed by atoms with Crippen LogP contribution in [0.5, 0.6) is 0 Å². The minimum Gasteiger partial charge on any atom is -0.356 e. The van der Waals surface area contributed by atoms with E-state index in [1.807, 2.05) is 6.07 Å². The topological polar surface area (TPSA) is 56.7 Å². The number of aliphatic imine (C=N–C) groups is 1. The number of guanidine groups is 1. The van der Waals surface area contributed by atoms with Gasteiger partial charge < -0.3 is 15.5 Å². The lowest BCUT2D eigenvalue weighted by molar-refractivity contribution is -0.127. The van der Waals surface area contributed by atoms with Crippen molar-refractivity contribution in [2.75, 3.05) is 27.2 Å². The van der Waals surface area contributed by atoms with Gasteiger partial charge in [0.1, 0.15) is 5.82 Å². The third-order valence-corrected chi connectivity index (χ3v) is 3.24. The lowest BCUT2D eigenvalue weighted by Gasteiger charge is -2.16. The Bertz CT molecular complexity index is 556. The summed E-state index contributed by atoms with van der Waals surface area (Å²) < 4.78 is 13.6. The Morgan fingerprint density at radius 1 is 1.30 bits per heavy atom. The van der Waals surface area contributed by atoms with Crippen LogP contribution in [0.15, 0.2) is 23.2 Å². The summed E-state index contributed by atoms with van der Waals surface area (Å²) >= 11 is 0. The molecule has 0 aliphatic carbocycles. The predicted octanol–water partition coefficient (Wildman–Crippen LogP) is 1.91. The Hall–Kier alpha value is -2.11. The fraction of sp³-hybridized carbons (Fsp3) is 0.529. The molecule has 0 aromatic heterocycles. The number of carbonyl (C=O) groups excluding carboxylic acids is 1. The summed E-state index contributed by atoms with van der Waals surface area (Å²) in [5, 5.41) is 6.19. The van der Waals surface area contributed by atoms with Crippen LogP contribution in [0.25, 0.3) is 0 Å². The van der Waals surface area contributed by atoms with Gasteiger partial charge >= 0.3 is 0 Å². The third kappa shape index (κ3) is 7.13. The number of nitrogens with one attached hydrogen (secondary N) is 2. The second kappa shape index (κ2) is 9.12. The molecule has 0 aliphatic heterocycles. The van der Waals surface area contributed by atoms with Crippen LogP contribution in [0.4, 0.5) is 4.39 Å². The minimum absolute atomic E-state index is 0.0366. The number of nitrogens with zero attached hydrogens (tertiary/aromatic N) is 2. The molecule has 1 rings (SSSR count). The number of carbonyl (C=O) groups is 1. The van der Waals surface area contributed by atoms with Crippen LogP contribution in [-0.2, 0) is 11.3 Å². The highest BCUT2D eigenvalue weighted by atomic mass is 19.1. The van der Waals surface area contributed by atoms with Gasteiger partial charge in [-0.3, -0.25) is 4.79 Å². The van der Waals surface area contributed by atoms with Gasteiger partial charge in [0.05, 0.1) is 13.1 Å². The molecule has 0 unspecified atom stereocenters. The highest BCUT2D eigenvalue weighted by Crippen LogP contribution is 2.09. The van der Waals surface area contributed by atoms with Crippen LogP contribution in [0.2, 0.25) is 0 Å². The van der Waals surface area contributed by atoms with Crippen molar-refractivity contribution in [3.63, 3.8) is 0 Å². The fourth-order valence-corrected chi connectivity index (χ4v) is 1.70. The van der Waals surface area contributed by atoms with Gasteiger partial charge in [0, 0.05) is 20.6 Å². The lowest BCUT2D eigenvalue weighted by atomic mass is 10.1. The molecular weight excluding hydrogens is 295 g/mol. The predicted molar refractivity (Wildman–Crippen MR) is 91.8 cm³/mol. The van der Waals surface area contributed by atoms with Crippen molar-refractivity contribution >= 4 is 11.9 Å². The van der Waals surface area contributed by atoms with E-state index in [4.69, 9.17) is 0 Å². The molecular formula is C17H27FN4O. The fourth-order valence-electron chi connectivity index (χ4n) is 1.70. The van der Waals surface area contributed by atoms with E-state index in [1.165, 1.54) is 11.0 Å². The number of halogens is 1. The maximum absolute atomic E-state index is 13.6. The number of rotatable bonds is 6. The lowest BCUT2D eigenvalue weighted by Crippen LogP contribution is -2.44. The highest BCUT2D eigenvalue weighted by Gasteiger charge is 2.07. The number of aryl methyl sites for hydroxylation is 1. The Morgan fingerprint density at radius 2 is 2.00 bits per heavy atom. The van der Waals surface area contributed by atoms with Crippen molar-refractivity contribution in [3.05, 3.63) is 35.1 Å². The number of benzene rings is 1. The van der Waals surface area contributed by atoms with Gasteiger partial charge in [-0.1, -0.05) is 26.0 Å². The van der Waals surface area contributed by atoms with Crippen LogP contribution < -0.4 is 10.6 Å². The van der Waals surface area contributed by atoms with Gasteiger partial charge in [-0.25, -0.2) is 9.38 Å². The zero-order chi connectivity index (χ0) is 17.4. The monoisotopic (exact) mass is 322 g/mol. The maximum Gasteiger partial charge on any atom is 0.241 e. The molecule has 5 nitrogen and oxygen atoms in total. The van der Waals surface area contributed by atoms with Crippen molar-refractivity contribution in [1.82, 2.24) is 15.5 Å². The van der Waals surface area contributed by atoms with Gasteiger partial charge in [0.15, 0.2) is 5.96 Å². The first-order valence-electron chi connectivity index (χ1n) is 7.77. The van der Waals surface area contributed by atoms with Crippen LogP contribution in [0, 0.1) is 18.7 Å². The second-order valence-electron chi connectivity index (χ2n) is 6.16. The van der Waals surface area contributed by atoms with E-state index in [2.05, 4.69) is 29.5 Å². The first-order chi connectivity index (χ1) is 10.8. The largest absolute Gasteiger partial charge is 0.356 e. The van der Waals surface area contributed by atoms with Crippen molar-refractivity contribution < 1.29 is 9.18 Å². The Morgan fingerprint density at radius 3 is 2.57 bits per heavy atom. The average molecular weight is 322 g/mol. The van der Waals surface area contributed by atoms with Gasteiger partial charge in [-0.2, -0.15) is 0 Å². The third-order valence-electron chi connectivity index (χ3n) is 3.24. The molecule has 23 heavy (non-hydrogen) atoms. The minimum atomic E-state index is -0.231. The van der Waals surface area contributed by atoms with Crippen molar-refractivity contribution in [2.45, 2.75) is 27.3 Å². The zero-order valence-corrected chi connectivity index (χ0v) is 14.6. The van der Waals surface area contributed by atoms with E-state index in [-0.39, 0.29) is 18.3 Å². The van der Waals surface area contributed by atoms with Crippen LogP contribution in [-0.4, -0.2) is 44.0 Å². The summed E-state index contributed by atoms with van der Waals surface area (Å²) in [4.78, 5) is 17.6. The van der Waals surface area contributed by atoms with E-state index in [0.29, 0.717) is 24.0 Å². The molecule has 0 aliphatic rings. The molecule has 128 valence electrons. The standard InChI is InChI=1S/C17H27FN4O/c1-12(2)9-19-17(21-11-16(23)22(4)5)20-10-14-7-6-13(3)15(18)8-14/h6-8,12H,9-11H2,1-5H3,(H2,19,20,21). The summed E-state index contributed by atoms with van der Waals surface area (Å²) in [7, 11) is 3.41. The molecule has 0 saturated carbocycles. The molecule has 0 saturated heterocycles. The van der Waals surface area contributed by atoms with Crippen LogP contribution in [0.1, 0.15) is 25.0 Å². The van der Waals surface area contributed by atoms with Crippen molar-refractivity contribution in [2.24, 2.45) is 10.9 Å². The summed E-state index contributed by atoms with van der Waals surface area (Å²) in [6, 6.07) is 5.08. The molecule has 0 bridgehead atoms. The summed E-state index contributed by atoms with van der Waals surface area (Å²) in [5.74, 6) is 0.730. The smallest absolute Gasteiger partial charge is 0.241 e. The molecule has 0 fully saturated rings. The Labute approximate surface area is 138 Å². The first-order valence-corrected chi connectivity index (χ1v) is 7.77. The van der Waals surface area contributed by atoms with Crippen LogP contribution in [0.3, 0.4) is 0 Å².